The van der Waals surface area contributed by atoms with E-state index in [2.05, 4.69) is 9.72 Å². The maximum absolute atomic E-state index is 12.9. The third kappa shape index (κ3) is 4.59. The van der Waals surface area contributed by atoms with Gasteiger partial charge in [0.15, 0.2) is 17.7 Å². The highest BCUT2D eigenvalue weighted by atomic mass is 16.5. The number of anilines is 2. The van der Waals surface area contributed by atoms with Gasteiger partial charge in [-0.15, -0.1) is 0 Å². The maximum Gasteiger partial charge on any atom is 0.337 e. The van der Waals surface area contributed by atoms with Crippen molar-refractivity contribution in [3.63, 3.8) is 0 Å². The zero-order chi connectivity index (χ0) is 21.0. The summed E-state index contributed by atoms with van der Waals surface area (Å²) in [6, 6.07) is 10.1. The van der Waals surface area contributed by atoms with E-state index in [0.717, 1.165) is 0 Å². The van der Waals surface area contributed by atoms with Crippen LogP contribution in [0.5, 0.6) is 11.5 Å². The molecule has 0 fully saturated rings. The quantitative estimate of drug-likeness (QED) is 0.564. The number of nitrogens with two attached hydrogens (primary N) is 1. The fraction of sp³-hybridized carbons (Fsp3) is 0.381. The molecule has 8 nitrogen and oxygen atoms in total. The number of nitrogens with zero attached hydrogens (tertiary/aromatic N) is 2. The van der Waals surface area contributed by atoms with Crippen LogP contribution in [0.1, 0.15) is 30.6 Å². The number of pyridine rings is 1. The minimum Gasteiger partial charge on any atom is -0.494 e. The molecule has 154 valence electrons. The number of rotatable bonds is 7. The molecule has 1 atom stereocenters. The predicted octanol–water partition coefficient (Wildman–Crippen LogP) is 2.67. The molecule has 1 aliphatic rings. The minimum absolute atomic E-state index is 0.0280. The molecule has 8 heteroatoms. The van der Waals surface area contributed by atoms with Gasteiger partial charge in [-0.25, -0.2) is 9.78 Å². The van der Waals surface area contributed by atoms with Crippen LogP contribution in [0.2, 0.25) is 0 Å². The number of aromatic nitrogens is 1. The molecule has 1 aromatic heterocycles. The molecule has 0 radical (unpaired) electrons. The van der Waals surface area contributed by atoms with E-state index in [9.17, 15) is 9.59 Å². The summed E-state index contributed by atoms with van der Waals surface area (Å²) in [4.78, 5) is 30.2. The molecule has 0 aliphatic carbocycles. The fourth-order valence-electron chi connectivity index (χ4n) is 3.04. The van der Waals surface area contributed by atoms with Gasteiger partial charge in [0.05, 0.1) is 19.3 Å². The van der Waals surface area contributed by atoms with Crippen molar-refractivity contribution in [3.05, 3.63) is 42.0 Å². The number of hydrogen-bond donors (Lipinski definition) is 1. The maximum atomic E-state index is 12.9. The number of carbonyl (C=O) groups excluding carboxylic acids is 2. The lowest BCUT2D eigenvalue weighted by Gasteiger charge is -2.35. The molecule has 1 aromatic carbocycles. The number of ether oxygens (including phenoxy) is 3. The van der Waals surface area contributed by atoms with Gasteiger partial charge in [0, 0.05) is 6.54 Å². The Morgan fingerprint density at radius 1 is 1.24 bits per heavy atom. The van der Waals surface area contributed by atoms with Crippen LogP contribution < -0.4 is 20.1 Å². The van der Waals surface area contributed by atoms with Gasteiger partial charge in [-0.2, -0.15) is 0 Å². The highest BCUT2D eigenvalue weighted by molar-refractivity contribution is 5.99. The Bertz CT molecular complexity index is 882. The number of esters is 1. The third-order valence-corrected chi connectivity index (χ3v) is 4.56. The standard InChI is InChI=1S/C21H25N3O5/c1-13(2)18-20(25)24(19-16(29-18)9-10-17(22)23-19)11-4-12-28-15-7-5-14(6-8-15)21(26)27-3/h5-10,13,18H,4,11-12H2,1-3H3,(H2,22,23). The molecule has 29 heavy (non-hydrogen) atoms. The first-order chi connectivity index (χ1) is 13.9. The molecule has 0 saturated heterocycles. The normalized spacial score (nSPS) is 15.7. The Labute approximate surface area is 169 Å². The van der Waals surface area contributed by atoms with E-state index < -0.39 is 12.1 Å². The summed E-state index contributed by atoms with van der Waals surface area (Å²) in [6.45, 7) is 4.70. The average molecular weight is 399 g/mol. The molecular formula is C21H25N3O5. The zero-order valence-corrected chi connectivity index (χ0v) is 16.8. The van der Waals surface area contributed by atoms with Gasteiger partial charge in [-0.1, -0.05) is 13.8 Å². The lowest BCUT2D eigenvalue weighted by molar-refractivity contribution is -0.128. The molecule has 1 unspecified atom stereocenters. The summed E-state index contributed by atoms with van der Waals surface area (Å²) in [6.07, 6.45) is 0.0327. The van der Waals surface area contributed by atoms with E-state index in [1.54, 1.807) is 41.3 Å². The van der Waals surface area contributed by atoms with E-state index in [-0.39, 0.29) is 11.8 Å². The molecule has 1 aliphatic heterocycles. The van der Waals surface area contributed by atoms with Crippen LogP contribution in [0.25, 0.3) is 0 Å². The van der Waals surface area contributed by atoms with Gasteiger partial charge in [0.1, 0.15) is 11.6 Å². The van der Waals surface area contributed by atoms with Gasteiger partial charge >= 0.3 is 5.97 Å². The smallest absolute Gasteiger partial charge is 0.337 e. The number of benzene rings is 1. The lowest BCUT2D eigenvalue weighted by Crippen LogP contribution is -2.49. The van der Waals surface area contributed by atoms with Gasteiger partial charge in [0.2, 0.25) is 0 Å². The van der Waals surface area contributed by atoms with Crippen LogP contribution in [0, 0.1) is 5.92 Å². The number of carbonyl (C=O) groups is 2. The van der Waals surface area contributed by atoms with Crippen LogP contribution >= 0.6 is 0 Å². The zero-order valence-electron chi connectivity index (χ0n) is 16.8. The molecule has 3 rings (SSSR count). The highest BCUT2D eigenvalue weighted by Crippen LogP contribution is 2.34. The first-order valence-corrected chi connectivity index (χ1v) is 9.46. The van der Waals surface area contributed by atoms with Crippen molar-refractivity contribution < 1.29 is 23.8 Å². The second-order valence-electron chi connectivity index (χ2n) is 7.05. The third-order valence-electron chi connectivity index (χ3n) is 4.56. The number of fused-ring (bicyclic) bond motifs is 1. The Morgan fingerprint density at radius 2 is 1.97 bits per heavy atom. The van der Waals surface area contributed by atoms with Crippen LogP contribution in [-0.4, -0.2) is 43.2 Å². The van der Waals surface area contributed by atoms with Gasteiger partial charge in [-0.3, -0.25) is 9.69 Å². The molecule has 2 N–H and O–H groups in total. The predicted molar refractivity (Wildman–Crippen MR) is 108 cm³/mol. The van der Waals surface area contributed by atoms with Crippen molar-refractivity contribution in [2.24, 2.45) is 5.92 Å². The van der Waals surface area contributed by atoms with Crippen molar-refractivity contribution in [1.29, 1.82) is 0 Å². The van der Waals surface area contributed by atoms with E-state index >= 15 is 0 Å². The van der Waals surface area contributed by atoms with E-state index in [1.807, 2.05) is 13.8 Å². The van der Waals surface area contributed by atoms with Gasteiger partial charge in [-0.05, 0) is 48.7 Å². The SMILES string of the molecule is COC(=O)c1ccc(OCCCN2C(=O)C(C(C)C)Oc3ccc(N)nc32)cc1. The van der Waals surface area contributed by atoms with Crippen molar-refractivity contribution in [3.8, 4) is 11.5 Å². The fourth-order valence-corrected chi connectivity index (χ4v) is 3.04. The summed E-state index contributed by atoms with van der Waals surface area (Å²) in [5, 5.41) is 0. The van der Waals surface area contributed by atoms with Gasteiger partial charge in [0.25, 0.3) is 5.91 Å². The van der Waals surface area contributed by atoms with Crippen LogP contribution in [0.4, 0.5) is 11.6 Å². The van der Waals surface area contributed by atoms with Crippen molar-refractivity contribution >= 4 is 23.5 Å². The Balaban J connectivity index is 1.62. The number of nitrogen functional groups attached to an aromatic ring is 1. The van der Waals surface area contributed by atoms with Crippen molar-refractivity contribution in [1.82, 2.24) is 4.98 Å². The van der Waals surface area contributed by atoms with E-state index in [0.29, 0.717) is 48.3 Å². The Hall–Kier alpha value is -3.29. The summed E-state index contributed by atoms with van der Waals surface area (Å²) in [7, 11) is 1.34. The molecule has 0 saturated carbocycles. The second kappa shape index (κ2) is 8.81. The summed E-state index contributed by atoms with van der Waals surface area (Å²) in [5.74, 6) is 1.45. The largest absolute Gasteiger partial charge is 0.494 e. The molecule has 0 spiro atoms. The lowest BCUT2D eigenvalue weighted by atomic mass is 10.0. The number of methoxy groups -OCH3 is 1. The molecule has 0 bridgehead atoms. The van der Waals surface area contributed by atoms with E-state index in [1.165, 1.54) is 7.11 Å². The summed E-state index contributed by atoms with van der Waals surface area (Å²) >= 11 is 0. The summed E-state index contributed by atoms with van der Waals surface area (Å²) < 4.78 is 16.2. The van der Waals surface area contributed by atoms with E-state index in [4.69, 9.17) is 15.2 Å². The van der Waals surface area contributed by atoms with Gasteiger partial charge < -0.3 is 19.9 Å². The summed E-state index contributed by atoms with van der Waals surface area (Å²) in [5.41, 5.74) is 6.25. The van der Waals surface area contributed by atoms with Crippen LogP contribution in [-0.2, 0) is 9.53 Å². The molecular weight excluding hydrogens is 374 g/mol. The molecule has 1 amide bonds. The Morgan fingerprint density at radius 3 is 2.62 bits per heavy atom. The number of hydrogen-bond acceptors (Lipinski definition) is 7. The molecule has 2 heterocycles. The Kier molecular flexibility index (Phi) is 6.21. The monoisotopic (exact) mass is 399 g/mol. The first-order valence-electron chi connectivity index (χ1n) is 9.46. The minimum atomic E-state index is -0.556. The van der Waals surface area contributed by atoms with Crippen LogP contribution in [0.3, 0.4) is 0 Å². The molecule has 2 aromatic rings. The first kappa shape index (κ1) is 20.4. The highest BCUT2D eigenvalue weighted by Gasteiger charge is 2.37. The van der Waals surface area contributed by atoms with Crippen molar-refractivity contribution in [2.45, 2.75) is 26.4 Å². The van der Waals surface area contributed by atoms with Crippen molar-refractivity contribution in [2.75, 3.05) is 30.9 Å². The second-order valence-corrected chi connectivity index (χ2v) is 7.05. The number of amides is 1. The van der Waals surface area contributed by atoms with Crippen LogP contribution in [0.15, 0.2) is 36.4 Å². The average Bonchev–Trinajstić information content (AvgIpc) is 2.71. The topological polar surface area (TPSA) is 104 Å².